The molecule has 2 aromatic rings. The molecule has 0 amide bonds. The number of ketones is 1. The Morgan fingerprint density at radius 1 is 1.11 bits per heavy atom. The smallest absolute Gasteiger partial charge is 0.147 e. The second-order valence-electron chi connectivity index (χ2n) is 4.03. The van der Waals surface area contributed by atoms with Gasteiger partial charge in [0.2, 0.25) is 0 Å². The fourth-order valence-corrected chi connectivity index (χ4v) is 3.15. The second-order valence-corrected chi connectivity index (χ2v) is 6.30. The monoisotopic (exact) mass is 354 g/mol. The van der Waals surface area contributed by atoms with E-state index in [4.69, 9.17) is 11.6 Å². The Morgan fingerprint density at radius 2 is 1.79 bits per heavy atom. The summed E-state index contributed by atoms with van der Waals surface area (Å²) in [7, 11) is 0. The molecule has 98 valence electrons. The van der Waals surface area contributed by atoms with Crippen molar-refractivity contribution in [3.63, 3.8) is 0 Å². The fourth-order valence-electron chi connectivity index (χ4n) is 1.63. The summed E-state index contributed by atoms with van der Waals surface area (Å²) in [6.45, 7) is 0. The lowest BCUT2D eigenvalue weighted by Gasteiger charge is -2.05. The normalized spacial score (nSPS) is 10.4. The zero-order valence-corrected chi connectivity index (χ0v) is 13.3. The van der Waals surface area contributed by atoms with Crippen molar-refractivity contribution in [1.29, 1.82) is 0 Å². The summed E-state index contributed by atoms with van der Waals surface area (Å²) in [4.78, 5) is 12.9. The summed E-state index contributed by atoms with van der Waals surface area (Å²) in [5, 5.41) is 0.696. The molecule has 0 aliphatic heterocycles. The van der Waals surface area contributed by atoms with Gasteiger partial charge in [0.25, 0.3) is 0 Å². The Morgan fingerprint density at radius 3 is 2.53 bits per heavy atom. The van der Waals surface area contributed by atoms with E-state index in [0.717, 1.165) is 14.9 Å². The van der Waals surface area contributed by atoms with Crippen molar-refractivity contribution in [1.82, 2.24) is 0 Å². The third-order valence-corrected chi connectivity index (χ3v) is 4.92. The quantitative estimate of drug-likeness (QED) is 0.702. The summed E-state index contributed by atoms with van der Waals surface area (Å²) >= 11 is 11.0. The average molecular weight is 356 g/mol. The minimum atomic E-state index is 0.191. The highest BCUT2D eigenvalue weighted by Crippen LogP contribution is 2.27. The van der Waals surface area contributed by atoms with Crippen LogP contribution in [-0.2, 0) is 11.2 Å². The van der Waals surface area contributed by atoms with E-state index >= 15 is 0 Å². The highest BCUT2D eigenvalue weighted by molar-refractivity contribution is 9.10. The SMILES string of the molecule is O=C(CSc1ccccc1Cl)Cc1ccccc1Br. The van der Waals surface area contributed by atoms with Crippen molar-refractivity contribution in [2.75, 3.05) is 5.75 Å². The average Bonchev–Trinajstić information content (AvgIpc) is 2.40. The van der Waals surface area contributed by atoms with Gasteiger partial charge in [-0.15, -0.1) is 11.8 Å². The minimum Gasteiger partial charge on any atom is -0.298 e. The molecule has 0 saturated heterocycles. The predicted molar refractivity (Wildman–Crippen MR) is 85.0 cm³/mol. The zero-order chi connectivity index (χ0) is 13.7. The fraction of sp³-hybridized carbons (Fsp3) is 0.133. The summed E-state index contributed by atoms with van der Waals surface area (Å²) < 4.78 is 0.978. The van der Waals surface area contributed by atoms with E-state index in [-0.39, 0.29) is 5.78 Å². The Bertz CT molecular complexity index is 586. The van der Waals surface area contributed by atoms with Gasteiger partial charge in [0.1, 0.15) is 5.78 Å². The van der Waals surface area contributed by atoms with Gasteiger partial charge >= 0.3 is 0 Å². The molecule has 0 unspecified atom stereocenters. The van der Waals surface area contributed by atoms with E-state index in [1.807, 2.05) is 48.5 Å². The van der Waals surface area contributed by atoms with E-state index in [2.05, 4.69) is 15.9 Å². The maximum atomic E-state index is 12.0. The van der Waals surface area contributed by atoms with Crippen molar-refractivity contribution < 1.29 is 4.79 Å². The van der Waals surface area contributed by atoms with Crippen molar-refractivity contribution in [3.8, 4) is 0 Å². The molecule has 0 aliphatic rings. The standard InChI is InChI=1S/C15H12BrClOS/c16-13-6-2-1-5-11(13)9-12(18)10-19-15-8-4-3-7-14(15)17/h1-8H,9-10H2. The molecule has 0 heterocycles. The molecular formula is C15H12BrClOS. The van der Waals surface area contributed by atoms with Gasteiger partial charge in [-0.05, 0) is 23.8 Å². The highest BCUT2D eigenvalue weighted by atomic mass is 79.9. The lowest BCUT2D eigenvalue weighted by molar-refractivity contribution is -0.116. The number of hydrogen-bond donors (Lipinski definition) is 0. The Labute approximate surface area is 130 Å². The molecule has 0 atom stereocenters. The minimum absolute atomic E-state index is 0.191. The molecule has 0 N–H and O–H groups in total. The topological polar surface area (TPSA) is 17.1 Å². The third-order valence-electron chi connectivity index (χ3n) is 2.57. The Hall–Kier alpha value is -0.770. The van der Waals surface area contributed by atoms with E-state index in [1.54, 1.807) is 0 Å². The van der Waals surface area contributed by atoms with Crippen LogP contribution in [0.2, 0.25) is 5.02 Å². The van der Waals surface area contributed by atoms with Crippen molar-refractivity contribution in [3.05, 3.63) is 63.6 Å². The largest absolute Gasteiger partial charge is 0.298 e. The van der Waals surface area contributed by atoms with Gasteiger partial charge in [0.15, 0.2) is 0 Å². The van der Waals surface area contributed by atoms with Gasteiger partial charge in [-0.2, -0.15) is 0 Å². The van der Waals surface area contributed by atoms with Crippen LogP contribution in [0.1, 0.15) is 5.56 Å². The van der Waals surface area contributed by atoms with Crippen LogP contribution in [0.15, 0.2) is 57.9 Å². The van der Waals surface area contributed by atoms with Crippen LogP contribution in [-0.4, -0.2) is 11.5 Å². The van der Waals surface area contributed by atoms with Gasteiger partial charge in [-0.25, -0.2) is 0 Å². The molecule has 0 fully saturated rings. The van der Waals surface area contributed by atoms with E-state index in [9.17, 15) is 4.79 Å². The number of rotatable bonds is 5. The van der Waals surface area contributed by atoms with Crippen molar-refractivity contribution in [2.24, 2.45) is 0 Å². The molecule has 1 nitrogen and oxygen atoms in total. The van der Waals surface area contributed by atoms with Crippen LogP contribution in [0.4, 0.5) is 0 Å². The van der Waals surface area contributed by atoms with Crippen molar-refractivity contribution in [2.45, 2.75) is 11.3 Å². The molecule has 0 bridgehead atoms. The lowest BCUT2D eigenvalue weighted by atomic mass is 10.1. The molecule has 0 saturated carbocycles. The number of carbonyl (C=O) groups excluding carboxylic acids is 1. The number of hydrogen-bond acceptors (Lipinski definition) is 2. The number of thioether (sulfide) groups is 1. The lowest BCUT2D eigenvalue weighted by Crippen LogP contribution is -2.06. The summed E-state index contributed by atoms with van der Waals surface area (Å²) in [5.74, 6) is 0.627. The van der Waals surface area contributed by atoms with Crippen LogP contribution in [0.5, 0.6) is 0 Å². The Balaban J connectivity index is 1.92. The van der Waals surface area contributed by atoms with Crippen LogP contribution >= 0.6 is 39.3 Å². The van der Waals surface area contributed by atoms with Crippen LogP contribution in [0.25, 0.3) is 0 Å². The first-order valence-electron chi connectivity index (χ1n) is 5.79. The van der Waals surface area contributed by atoms with E-state index < -0.39 is 0 Å². The Kier molecular flexibility index (Phi) is 5.49. The van der Waals surface area contributed by atoms with Crippen LogP contribution in [0, 0.1) is 0 Å². The van der Waals surface area contributed by atoms with Crippen LogP contribution in [0.3, 0.4) is 0 Å². The third kappa shape index (κ3) is 4.37. The summed E-state index contributed by atoms with van der Waals surface area (Å²) in [6, 6.07) is 15.4. The first-order valence-corrected chi connectivity index (χ1v) is 7.95. The molecule has 19 heavy (non-hydrogen) atoms. The van der Waals surface area contributed by atoms with E-state index in [0.29, 0.717) is 17.2 Å². The zero-order valence-electron chi connectivity index (χ0n) is 10.1. The molecule has 0 spiro atoms. The summed E-state index contributed by atoms with van der Waals surface area (Å²) in [6.07, 6.45) is 0.443. The molecule has 2 aromatic carbocycles. The molecule has 0 radical (unpaired) electrons. The molecule has 2 rings (SSSR count). The molecular weight excluding hydrogens is 344 g/mol. The van der Waals surface area contributed by atoms with Gasteiger partial charge < -0.3 is 0 Å². The highest BCUT2D eigenvalue weighted by Gasteiger charge is 2.08. The first kappa shape index (κ1) is 14.6. The molecule has 0 aromatic heterocycles. The first-order chi connectivity index (χ1) is 9.16. The van der Waals surface area contributed by atoms with Gasteiger partial charge in [-0.3, -0.25) is 4.79 Å². The summed E-state index contributed by atoms with van der Waals surface area (Å²) in [5.41, 5.74) is 1.02. The predicted octanol–water partition coefficient (Wildman–Crippen LogP) is 5.01. The molecule has 0 aliphatic carbocycles. The van der Waals surface area contributed by atoms with Crippen LogP contribution < -0.4 is 0 Å². The van der Waals surface area contributed by atoms with Gasteiger partial charge in [0.05, 0.1) is 10.8 Å². The second kappa shape index (κ2) is 7.13. The van der Waals surface area contributed by atoms with Gasteiger partial charge in [-0.1, -0.05) is 57.9 Å². The maximum absolute atomic E-state index is 12.0. The maximum Gasteiger partial charge on any atom is 0.147 e. The number of Topliss-reactive ketones (excluding diaryl/α,β-unsaturated/α-hetero) is 1. The van der Waals surface area contributed by atoms with Gasteiger partial charge in [0, 0.05) is 15.8 Å². The number of halogens is 2. The number of carbonyl (C=O) groups is 1. The van der Waals surface area contributed by atoms with Crippen molar-refractivity contribution >= 4 is 45.1 Å². The number of benzene rings is 2. The van der Waals surface area contributed by atoms with E-state index in [1.165, 1.54) is 11.8 Å². The molecule has 4 heteroatoms.